The first-order valence-corrected chi connectivity index (χ1v) is 8.40. The summed E-state index contributed by atoms with van der Waals surface area (Å²) in [6, 6.07) is 3.05. The van der Waals surface area contributed by atoms with Crippen molar-refractivity contribution in [2.75, 3.05) is 41.3 Å². The summed E-state index contributed by atoms with van der Waals surface area (Å²) in [6.07, 6.45) is 0.374. The number of hydrogen-bond donors (Lipinski definition) is 0. The molecule has 0 saturated carbocycles. The molecule has 1 rings (SSSR count). The van der Waals surface area contributed by atoms with Crippen molar-refractivity contribution in [3.63, 3.8) is 0 Å². The molecule has 0 saturated heterocycles. The van der Waals surface area contributed by atoms with E-state index in [4.69, 9.17) is 18.9 Å². The topological polar surface area (TPSA) is 97.4 Å². The summed E-state index contributed by atoms with van der Waals surface area (Å²) in [7, 11) is 4.00. The maximum Gasteiger partial charge on any atom is 0.313 e. The minimum Gasteiger partial charge on any atom is -0.469 e. The quantitative estimate of drug-likeness (QED) is 0.227. The molecule has 1 atom stereocenters. The van der Waals surface area contributed by atoms with E-state index in [0.717, 1.165) is 0 Å². The first-order chi connectivity index (χ1) is 12.5. The van der Waals surface area contributed by atoms with Crippen molar-refractivity contribution in [1.29, 1.82) is 0 Å². The lowest BCUT2D eigenvalue weighted by Gasteiger charge is -2.17. The summed E-state index contributed by atoms with van der Waals surface area (Å²) in [5, 5.41) is 0. The summed E-state index contributed by atoms with van der Waals surface area (Å²) in [4.78, 5) is 35.1. The monoisotopic (exact) mass is 432 g/mol. The highest BCUT2D eigenvalue weighted by molar-refractivity contribution is 9.10. The smallest absolute Gasteiger partial charge is 0.313 e. The molecule has 0 aromatic heterocycles. The van der Waals surface area contributed by atoms with E-state index >= 15 is 0 Å². The van der Waals surface area contributed by atoms with Gasteiger partial charge in [0.1, 0.15) is 5.75 Å². The number of rotatable bonds is 11. The molecule has 0 heterocycles. The van der Waals surface area contributed by atoms with Crippen molar-refractivity contribution in [2.24, 2.45) is 0 Å². The largest absolute Gasteiger partial charge is 0.469 e. The van der Waals surface area contributed by atoms with E-state index in [1.807, 2.05) is 0 Å². The van der Waals surface area contributed by atoms with Crippen LogP contribution in [0.1, 0.15) is 28.3 Å². The van der Waals surface area contributed by atoms with Gasteiger partial charge in [-0.3, -0.25) is 14.4 Å². The predicted molar refractivity (Wildman–Crippen MR) is 94.2 cm³/mol. The number of esters is 2. The van der Waals surface area contributed by atoms with Crippen LogP contribution in [-0.4, -0.2) is 59.6 Å². The molecular weight excluding hydrogens is 412 g/mol. The van der Waals surface area contributed by atoms with Gasteiger partial charge in [0.15, 0.2) is 13.1 Å². The van der Waals surface area contributed by atoms with Gasteiger partial charge in [0, 0.05) is 7.11 Å². The number of methoxy groups -OCH3 is 3. The Morgan fingerprint density at radius 3 is 2.46 bits per heavy atom. The average molecular weight is 433 g/mol. The number of carbonyl (C=O) groups excluding carboxylic acids is 3. The Balaban J connectivity index is 3.05. The third-order valence-corrected chi connectivity index (χ3v) is 4.02. The van der Waals surface area contributed by atoms with Crippen LogP contribution in [0.4, 0.5) is 0 Å². The molecule has 0 bridgehead atoms. The van der Waals surface area contributed by atoms with Crippen LogP contribution < -0.4 is 4.74 Å². The van der Waals surface area contributed by atoms with Crippen LogP contribution >= 0.6 is 15.9 Å². The van der Waals surface area contributed by atoms with E-state index in [1.165, 1.54) is 20.3 Å². The number of ether oxygens (including phenoxy) is 5. The maximum atomic E-state index is 12.0. The minimum absolute atomic E-state index is 0.0786. The Morgan fingerprint density at radius 1 is 1.15 bits per heavy atom. The molecular formula is C17H21BrO8. The summed E-state index contributed by atoms with van der Waals surface area (Å²) in [6.45, 7) is 0.676. The molecule has 1 aromatic carbocycles. The van der Waals surface area contributed by atoms with Crippen molar-refractivity contribution >= 4 is 34.2 Å². The molecule has 8 nitrogen and oxygen atoms in total. The molecule has 0 amide bonds. The highest BCUT2D eigenvalue weighted by Gasteiger charge is 2.27. The molecule has 0 spiro atoms. The highest BCUT2D eigenvalue weighted by Crippen LogP contribution is 2.34. The van der Waals surface area contributed by atoms with Crippen LogP contribution in [0.3, 0.4) is 0 Å². The Morgan fingerprint density at radius 2 is 1.88 bits per heavy atom. The van der Waals surface area contributed by atoms with Gasteiger partial charge in [-0.15, -0.1) is 0 Å². The number of benzene rings is 1. The fraction of sp³-hybridized carbons (Fsp3) is 0.471. The lowest BCUT2D eigenvalue weighted by molar-refractivity contribution is -0.149. The lowest BCUT2D eigenvalue weighted by Crippen LogP contribution is -2.19. The van der Waals surface area contributed by atoms with Crippen LogP contribution in [-0.2, 0) is 28.5 Å². The van der Waals surface area contributed by atoms with E-state index in [9.17, 15) is 14.4 Å². The summed E-state index contributed by atoms with van der Waals surface area (Å²) in [5.41, 5.74) is 0.618. The zero-order valence-electron chi connectivity index (χ0n) is 14.8. The van der Waals surface area contributed by atoms with Crippen molar-refractivity contribution in [2.45, 2.75) is 12.3 Å². The first-order valence-electron chi connectivity index (χ1n) is 7.61. The summed E-state index contributed by atoms with van der Waals surface area (Å²) < 4.78 is 25.3. The van der Waals surface area contributed by atoms with Gasteiger partial charge in [-0.2, -0.15) is 0 Å². The third-order valence-electron chi connectivity index (χ3n) is 3.43. The second-order valence-electron chi connectivity index (χ2n) is 5.06. The summed E-state index contributed by atoms with van der Waals surface area (Å²) >= 11 is 3.31. The van der Waals surface area contributed by atoms with E-state index in [-0.39, 0.29) is 24.5 Å². The second-order valence-corrected chi connectivity index (χ2v) is 5.91. The Kier molecular flexibility index (Phi) is 9.85. The van der Waals surface area contributed by atoms with Crippen molar-refractivity contribution in [3.05, 3.63) is 27.7 Å². The van der Waals surface area contributed by atoms with Gasteiger partial charge < -0.3 is 23.7 Å². The molecule has 9 heteroatoms. The fourth-order valence-corrected chi connectivity index (χ4v) is 2.72. The zero-order valence-corrected chi connectivity index (χ0v) is 16.4. The fourth-order valence-electron chi connectivity index (χ4n) is 2.11. The normalized spacial score (nSPS) is 11.5. The Hall–Kier alpha value is -1.97. The van der Waals surface area contributed by atoms with Crippen LogP contribution in [0, 0.1) is 0 Å². The molecule has 144 valence electrons. The molecule has 0 unspecified atom stereocenters. The van der Waals surface area contributed by atoms with E-state index in [2.05, 4.69) is 20.7 Å². The Labute approximate surface area is 159 Å². The molecule has 0 aliphatic heterocycles. The van der Waals surface area contributed by atoms with Gasteiger partial charge >= 0.3 is 11.9 Å². The standard InChI is InChI=1S/C17H21BrO8/c1-22-4-5-25-10-26-16-12(9-19)6-11(7-14(16)18)13(17(21)24-3)8-15(20)23-2/h6-7,9,13H,4-5,8,10H2,1-3H3/t13-/m1/s1. The highest BCUT2D eigenvalue weighted by atomic mass is 79.9. The molecule has 0 aliphatic rings. The molecule has 1 aromatic rings. The molecule has 0 N–H and O–H groups in total. The van der Waals surface area contributed by atoms with Crippen molar-refractivity contribution in [1.82, 2.24) is 0 Å². The first kappa shape index (κ1) is 22.1. The molecule has 0 aliphatic carbocycles. The number of hydrogen-bond acceptors (Lipinski definition) is 8. The summed E-state index contributed by atoms with van der Waals surface area (Å²) in [5.74, 6) is -1.83. The van der Waals surface area contributed by atoms with Crippen LogP contribution in [0.25, 0.3) is 0 Å². The van der Waals surface area contributed by atoms with E-state index in [0.29, 0.717) is 29.5 Å². The van der Waals surface area contributed by atoms with E-state index in [1.54, 1.807) is 13.2 Å². The third kappa shape index (κ3) is 6.40. The number of halogens is 1. The van der Waals surface area contributed by atoms with Gasteiger partial charge in [0.05, 0.1) is 49.8 Å². The number of carbonyl (C=O) groups is 3. The molecule has 0 radical (unpaired) electrons. The number of aldehydes is 1. The zero-order chi connectivity index (χ0) is 19.5. The van der Waals surface area contributed by atoms with E-state index < -0.39 is 17.9 Å². The van der Waals surface area contributed by atoms with Gasteiger partial charge in [0.2, 0.25) is 0 Å². The van der Waals surface area contributed by atoms with Crippen molar-refractivity contribution < 1.29 is 38.1 Å². The van der Waals surface area contributed by atoms with Gasteiger partial charge in [-0.05, 0) is 33.6 Å². The Bertz CT molecular complexity index is 631. The van der Waals surface area contributed by atoms with Crippen LogP contribution in [0.15, 0.2) is 16.6 Å². The lowest BCUT2D eigenvalue weighted by atomic mass is 9.94. The average Bonchev–Trinajstić information content (AvgIpc) is 2.65. The van der Waals surface area contributed by atoms with Crippen molar-refractivity contribution in [3.8, 4) is 5.75 Å². The van der Waals surface area contributed by atoms with Gasteiger partial charge in [-0.1, -0.05) is 0 Å². The SMILES string of the molecule is COCCOCOc1c(Br)cc([C@@H](CC(=O)OC)C(=O)OC)cc1C=O. The molecule has 26 heavy (non-hydrogen) atoms. The van der Waals surface area contributed by atoms with Gasteiger partial charge in [-0.25, -0.2) is 0 Å². The second kappa shape index (κ2) is 11.6. The van der Waals surface area contributed by atoms with Crippen LogP contribution in [0.2, 0.25) is 0 Å². The minimum atomic E-state index is -0.908. The maximum absolute atomic E-state index is 12.0. The van der Waals surface area contributed by atoms with Crippen LogP contribution in [0.5, 0.6) is 5.75 Å². The molecule has 0 fully saturated rings. The van der Waals surface area contributed by atoms with Gasteiger partial charge in [0.25, 0.3) is 0 Å². The predicted octanol–water partition coefficient (Wildman–Crippen LogP) is 2.08.